The minimum atomic E-state index is 0.0187. The van der Waals surface area contributed by atoms with E-state index in [-0.39, 0.29) is 23.8 Å². The first kappa shape index (κ1) is 15.9. The molecule has 0 radical (unpaired) electrons. The van der Waals surface area contributed by atoms with Crippen molar-refractivity contribution in [3.05, 3.63) is 48.3 Å². The Balaban J connectivity index is 1.53. The van der Waals surface area contributed by atoms with Crippen molar-refractivity contribution in [2.45, 2.75) is 32.2 Å². The van der Waals surface area contributed by atoms with E-state index in [1.54, 1.807) is 12.4 Å². The standard InChI is InChI=1S/C20H22N2O3/c1-13(2)22(15-4-3-7-21-12-15)20(23)17-11-16(17)14-5-6-18-19(10-14)25-9-8-24-18/h3-7,10,12-13,16-17H,8-9,11H2,1-2H3/t16-,17-/m1/s1. The summed E-state index contributed by atoms with van der Waals surface area (Å²) in [6.45, 7) is 5.23. The van der Waals surface area contributed by atoms with E-state index >= 15 is 0 Å². The van der Waals surface area contributed by atoms with Crippen molar-refractivity contribution >= 4 is 11.6 Å². The minimum Gasteiger partial charge on any atom is -0.486 e. The molecule has 0 spiro atoms. The summed E-state index contributed by atoms with van der Waals surface area (Å²) >= 11 is 0. The van der Waals surface area contributed by atoms with Gasteiger partial charge in [-0.3, -0.25) is 9.78 Å². The predicted molar refractivity (Wildman–Crippen MR) is 95.1 cm³/mol. The molecule has 4 rings (SSSR count). The number of anilines is 1. The Morgan fingerprint density at radius 1 is 1.20 bits per heavy atom. The van der Waals surface area contributed by atoms with Gasteiger partial charge in [0.25, 0.3) is 0 Å². The zero-order valence-electron chi connectivity index (χ0n) is 14.5. The van der Waals surface area contributed by atoms with E-state index in [4.69, 9.17) is 9.47 Å². The topological polar surface area (TPSA) is 51.7 Å². The Bertz CT molecular complexity index is 776. The van der Waals surface area contributed by atoms with Gasteiger partial charge >= 0.3 is 0 Å². The number of rotatable bonds is 4. The Hall–Kier alpha value is -2.56. The van der Waals surface area contributed by atoms with E-state index in [1.807, 2.05) is 43.0 Å². The van der Waals surface area contributed by atoms with Gasteiger partial charge in [0.15, 0.2) is 11.5 Å². The number of hydrogen-bond acceptors (Lipinski definition) is 4. The summed E-state index contributed by atoms with van der Waals surface area (Å²) in [5.41, 5.74) is 2.01. The summed E-state index contributed by atoms with van der Waals surface area (Å²) in [5, 5.41) is 0. The van der Waals surface area contributed by atoms with Gasteiger partial charge in [0.05, 0.1) is 11.9 Å². The molecule has 1 amide bonds. The summed E-state index contributed by atoms with van der Waals surface area (Å²) in [4.78, 5) is 19.1. The normalized spacial score (nSPS) is 21.1. The molecule has 2 heterocycles. The second-order valence-electron chi connectivity index (χ2n) is 6.86. The van der Waals surface area contributed by atoms with E-state index in [1.165, 1.54) is 0 Å². The molecule has 5 nitrogen and oxygen atoms in total. The maximum Gasteiger partial charge on any atom is 0.231 e. The lowest BCUT2D eigenvalue weighted by molar-refractivity contribution is -0.120. The maximum absolute atomic E-state index is 13.1. The fraction of sp³-hybridized carbons (Fsp3) is 0.400. The smallest absolute Gasteiger partial charge is 0.231 e. The summed E-state index contributed by atoms with van der Waals surface area (Å²) in [7, 11) is 0. The molecule has 2 aliphatic rings. The van der Waals surface area contributed by atoms with Gasteiger partial charge in [-0.2, -0.15) is 0 Å². The fourth-order valence-corrected chi connectivity index (χ4v) is 3.48. The molecule has 0 bridgehead atoms. The lowest BCUT2D eigenvalue weighted by atomic mass is 10.1. The molecule has 130 valence electrons. The molecule has 1 fully saturated rings. The van der Waals surface area contributed by atoms with Gasteiger partial charge < -0.3 is 14.4 Å². The molecule has 2 atom stereocenters. The molecule has 0 saturated heterocycles. The van der Waals surface area contributed by atoms with E-state index in [2.05, 4.69) is 11.1 Å². The molecule has 1 aliphatic carbocycles. The summed E-state index contributed by atoms with van der Waals surface area (Å²) in [6, 6.07) is 9.92. The number of carbonyl (C=O) groups is 1. The number of hydrogen-bond donors (Lipinski definition) is 0. The number of benzene rings is 1. The molecule has 0 N–H and O–H groups in total. The second-order valence-corrected chi connectivity index (χ2v) is 6.86. The summed E-state index contributed by atoms with van der Waals surface area (Å²) in [6.07, 6.45) is 4.35. The van der Waals surface area contributed by atoms with Crippen LogP contribution in [0.1, 0.15) is 31.7 Å². The molecule has 1 aliphatic heterocycles. The monoisotopic (exact) mass is 338 g/mol. The molecule has 1 aromatic heterocycles. The lowest BCUT2D eigenvalue weighted by Crippen LogP contribution is -2.38. The van der Waals surface area contributed by atoms with Crippen molar-refractivity contribution in [2.75, 3.05) is 18.1 Å². The number of ether oxygens (including phenoxy) is 2. The van der Waals surface area contributed by atoms with Gasteiger partial charge in [-0.15, -0.1) is 0 Å². The first-order valence-electron chi connectivity index (χ1n) is 8.78. The van der Waals surface area contributed by atoms with Crippen LogP contribution in [0.4, 0.5) is 5.69 Å². The zero-order valence-corrected chi connectivity index (χ0v) is 14.5. The van der Waals surface area contributed by atoms with Crippen LogP contribution in [0.25, 0.3) is 0 Å². The van der Waals surface area contributed by atoms with Crippen molar-refractivity contribution in [3.8, 4) is 11.5 Å². The van der Waals surface area contributed by atoms with Gasteiger partial charge in [0.2, 0.25) is 5.91 Å². The average molecular weight is 338 g/mol. The number of nitrogens with zero attached hydrogens (tertiary/aromatic N) is 2. The van der Waals surface area contributed by atoms with Crippen molar-refractivity contribution in [2.24, 2.45) is 5.92 Å². The molecule has 1 aromatic carbocycles. The summed E-state index contributed by atoms with van der Waals surface area (Å²) < 4.78 is 11.2. The van der Waals surface area contributed by atoms with Gasteiger partial charge in [-0.1, -0.05) is 6.07 Å². The van der Waals surface area contributed by atoms with Gasteiger partial charge in [-0.05, 0) is 56.0 Å². The molecule has 0 unspecified atom stereocenters. The first-order valence-corrected chi connectivity index (χ1v) is 8.78. The van der Waals surface area contributed by atoms with Crippen molar-refractivity contribution in [1.29, 1.82) is 0 Å². The molecule has 25 heavy (non-hydrogen) atoms. The Morgan fingerprint density at radius 3 is 2.72 bits per heavy atom. The molecule has 2 aromatic rings. The van der Waals surface area contributed by atoms with E-state index < -0.39 is 0 Å². The molecular formula is C20H22N2O3. The van der Waals surface area contributed by atoms with E-state index in [0.29, 0.717) is 13.2 Å². The Kier molecular flexibility index (Phi) is 4.07. The predicted octanol–water partition coefficient (Wildman–Crippen LogP) is 3.40. The van der Waals surface area contributed by atoms with Gasteiger partial charge in [0.1, 0.15) is 13.2 Å². The zero-order chi connectivity index (χ0) is 17.4. The largest absolute Gasteiger partial charge is 0.486 e. The Morgan fingerprint density at radius 2 is 2.00 bits per heavy atom. The van der Waals surface area contributed by atoms with E-state index in [9.17, 15) is 4.79 Å². The van der Waals surface area contributed by atoms with Crippen LogP contribution in [0.15, 0.2) is 42.7 Å². The van der Waals surface area contributed by atoms with Crippen LogP contribution in [0.5, 0.6) is 11.5 Å². The maximum atomic E-state index is 13.1. The molecule has 1 saturated carbocycles. The van der Waals surface area contributed by atoms with Crippen LogP contribution in [0.2, 0.25) is 0 Å². The molecular weight excluding hydrogens is 316 g/mol. The summed E-state index contributed by atoms with van der Waals surface area (Å²) in [5.74, 6) is 2.02. The highest BCUT2D eigenvalue weighted by Gasteiger charge is 2.46. The van der Waals surface area contributed by atoms with Crippen LogP contribution in [-0.2, 0) is 4.79 Å². The number of fused-ring (bicyclic) bond motifs is 1. The van der Waals surface area contributed by atoms with Crippen LogP contribution >= 0.6 is 0 Å². The van der Waals surface area contributed by atoms with Gasteiger partial charge in [-0.25, -0.2) is 0 Å². The number of aromatic nitrogens is 1. The number of amides is 1. The second kappa shape index (κ2) is 6.39. The quantitative estimate of drug-likeness (QED) is 0.857. The molecule has 5 heteroatoms. The third-order valence-corrected chi connectivity index (χ3v) is 4.78. The number of carbonyl (C=O) groups excluding carboxylic acids is 1. The number of pyridine rings is 1. The van der Waals surface area contributed by atoms with Crippen LogP contribution in [-0.4, -0.2) is 30.1 Å². The van der Waals surface area contributed by atoms with Crippen molar-refractivity contribution in [3.63, 3.8) is 0 Å². The van der Waals surface area contributed by atoms with Crippen LogP contribution in [0, 0.1) is 5.92 Å². The van der Waals surface area contributed by atoms with Crippen molar-refractivity contribution < 1.29 is 14.3 Å². The third-order valence-electron chi connectivity index (χ3n) is 4.78. The van der Waals surface area contributed by atoms with Crippen LogP contribution in [0.3, 0.4) is 0 Å². The van der Waals surface area contributed by atoms with Gasteiger partial charge in [0, 0.05) is 18.2 Å². The lowest BCUT2D eigenvalue weighted by Gasteiger charge is -2.27. The van der Waals surface area contributed by atoms with Crippen LogP contribution < -0.4 is 14.4 Å². The average Bonchev–Trinajstić information content (AvgIpc) is 3.43. The SMILES string of the molecule is CC(C)N(C(=O)[C@@H]1C[C@@H]1c1ccc2c(c1)OCCO2)c1cccnc1. The third kappa shape index (κ3) is 3.06. The Labute approximate surface area is 147 Å². The highest BCUT2D eigenvalue weighted by Crippen LogP contribution is 2.50. The van der Waals surface area contributed by atoms with Crippen molar-refractivity contribution in [1.82, 2.24) is 4.98 Å². The highest BCUT2D eigenvalue weighted by atomic mass is 16.6. The first-order chi connectivity index (χ1) is 12.1. The highest BCUT2D eigenvalue weighted by molar-refractivity contribution is 5.97. The fourth-order valence-electron chi connectivity index (χ4n) is 3.48. The van der Waals surface area contributed by atoms with E-state index in [0.717, 1.165) is 29.2 Å². The minimum absolute atomic E-state index is 0.0187.